The van der Waals surface area contributed by atoms with Crippen LogP contribution >= 0.6 is 0 Å². The maximum absolute atomic E-state index is 11.9. The van der Waals surface area contributed by atoms with E-state index < -0.39 is 36.6 Å². The molecule has 16 heavy (non-hydrogen) atoms. The molecular formula is C6H6F6N2O2. The minimum absolute atomic E-state index is 1.10. The Labute approximate surface area is 84.8 Å². The lowest BCUT2D eigenvalue weighted by atomic mass is 10.1. The van der Waals surface area contributed by atoms with Crippen LogP contribution in [0, 0.1) is 5.92 Å². The van der Waals surface area contributed by atoms with Crippen LogP contribution in [0.25, 0.3) is 0 Å². The summed E-state index contributed by atoms with van der Waals surface area (Å²) in [7, 11) is 0. The molecule has 0 aliphatic heterocycles. The van der Waals surface area contributed by atoms with E-state index in [9.17, 15) is 35.9 Å². The largest absolute Gasteiger partial charge is 0.409 e. The van der Waals surface area contributed by atoms with Crippen molar-refractivity contribution >= 4 is 11.8 Å². The summed E-state index contributed by atoms with van der Waals surface area (Å²) in [5, 5.41) is 1.14. The van der Waals surface area contributed by atoms with Crippen molar-refractivity contribution in [2.75, 3.05) is 6.54 Å². The first-order valence-corrected chi connectivity index (χ1v) is 3.65. The first-order valence-electron chi connectivity index (χ1n) is 3.65. The van der Waals surface area contributed by atoms with Crippen LogP contribution in [0.3, 0.4) is 0 Å². The van der Waals surface area contributed by atoms with E-state index in [1.807, 2.05) is 0 Å². The molecule has 0 radical (unpaired) electrons. The molecular weight excluding hydrogens is 246 g/mol. The molecule has 0 aliphatic rings. The topological polar surface area (TPSA) is 72.2 Å². The molecule has 0 spiro atoms. The molecule has 10 heteroatoms. The van der Waals surface area contributed by atoms with Crippen molar-refractivity contribution in [2.45, 2.75) is 12.4 Å². The number of nitrogens with two attached hydrogens (primary N) is 1. The molecule has 0 aromatic carbocycles. The Hall–Kier alpha value is -1.48. The molecule has 0 aromatic heterocycles. The van der Waals surface area contributed by atoms with Gasteiger partial charge in [0.15, 0.2) is 0 Å². The molecule has 0 saturated carbocycles. The molecule has 0 rings (SSSR count). The van der Waals surface area contributed by atoms with Gasteiger partial charge in [-0.15, -0.1) is 0 Å². The average Bonchev–Trinajstić information content (AvgIpc) is 1.94. The fourth-order valence-electron chi connectivity index (χ4n) is 0.759. The molecule has 0 aromatic rings. The second-order valence-electron chi connectivity index (χ2n) is 2.70. The number of rotatable bonds is 3. The van der Waals surface area contributed by atoms with Crippen molar-refractivity contribution in [3.8, 4) is 0 Å². The van der Waals surface area contributed by atoms with Crippen LogP contribution in [0.4, 0.5) is 26.3 Å². The minimum atomic E-state index is -5.78. The van der Waals surface area contributed by atoms with E-state index in [0.717, 1.165) is 5.32 Å². The zero-order valence-corrected chi connectivity index (χ0v) is 7.45. The molecule has 0 fully saturated rings. The maximum Gasteiger partial charge on any atom is 0.409 e. The maximum atomic E-state index is 11.9. The van der Waals surface area contributed by atoms with E-state index in [0.29, 0.717) is 0 Å². The smallest absolute Gasteiger partial charge is 0.368 e. The van der Waals surface area contributed by atoms with Gasteiger partial charge in [-0.3, -0.25) is 9.59 Å². The predicted molar refractivity (Wildman–Crippen MR) is 37.8 cm³/mol. The Morgan fingerprint density at radius 2 is 1.44 bits per heavy atom. The summed E-state index contributed by atoms with van der Waals surface area (Å²) in [5.41, 5.74) is 4.44. The van der Waals surface area contributed by atoms with E-state index in [2.05, 4.69) is 5.73 Å². The highest BCUT2D eigenvalue weighted by atomic mass is 19.4. The van der Waals surface area contributed by atoms with Gasteiger partial charge in [0.25, 0.3) is 0 Å². The molecule has 3 N–H and O–H groups in total. The highest BCUT2D eigenvalue weighted by molar-refractivity contribution is 5.85. The molecule has 0 saturated heterocycles. The number of nitrogens with one attached hydrogen (secondary N) is 1. The number of carbonyl (C=O) groups is 2. The fraction of sp³-hybridized carbons (Fsp3) is 0.667. The van der Waals surface area contributed by atoms with E-state index in [4.69, 9.17) is 0 Å². The van der Waals surface area contributed by atoms with E-state index in [1.54, 1.807) is 0 Å². The lowest BCUT2D eigenvalue weighted by molar-refractivity contribution is -0.274. The van der Waals surface area contributed by atoms with Crippen molar-refractivity contribution in [1.82, 2.24) is 5.32 Å². The third-order valence-electron chi connectivity index (χ3n) is 1.35. The van der Waals surface area contributed by atoms with E-state index in [1.165, 1.54) is 0 Å². The second-order valence-corrected chi connectivity index (χ2v) is 2.70. The number of halogens is 6. The predicted octanol–water partition coefficient (Wildman–Crippen LogP) is 0.329. The Morgan fingerprint density at radius 1 is 1.06 bits per heavy atom. The molecule has 0 bridgehead atoms. The fourth-order valence-corrected chi connectivity index (χ4v) is 0.759. The number of hydrogen-bond acceptors (Lipinski definition) is 2. The average molecular weight is 252 g/mol. The van der Waals surface area contributed by atoms with E-state index >= 15 is 0 Å². The number of alkyl halides is 6. The van der Waals surface area contributed by atoms with Crippen molar-refractivity contribution in [3.63, 3.8) is 0 Å². The lowest BCUT2D eigenvalue weighted by Crippen LogP contribution is -2.49. The van der Waals surface area contributed by atoms with Gasteiger partial charge in [-0.2, -0.15) is 26.3 Å². The van der Waals surface area contributed by atoms with Crippen LogP contribution in [0.2, 0.25) is 0 Å². The van der Waals surface area contributed by atoms with Crippen molar-refractivity contribution < 1.29 is 35.9 Å². The van der Waals surface area contributed by atoms with Gasteiger partial charge in [-0.25, -0.2) is 0 Å². The van der Waals surface area contributed by atoms with Gasteiger partial charge in [-0.1, -0.05) is 0 Å². The zero-order valence-electron chi connectivity index (χ0n) is 7.45. The highest BCUT2D eigenvalue weighted by Crippen LogP contribution is 2.39. The molecule has 0 atom stereocenters. The van der Waals surface area contributed by atoms with E-state index in [-0.39, 0.29) is 0 Å². The standard InChI is InChI=1S/C6H6F6N2O2/c7-5(8,9)3(6(10,11)12)4(16)14-1-2(13)15/h3H,1H2,(H2,13,15)(H,14,16). The van der Waals surface area contributed by atoms with Crippen LogP contribution < -0.4 is 11.1 Å². The molecule has 0 aliphatic carbocycles. The van der Waals surface area contributed by atoms with Gasteiger partial charge >= 0.3 is 12.4 Å². The summed E-state index contributed by atoms with van der Waals surface area (Å²) >= 11 is 0. The first kappa shape index (κ1) is 14.5. The SMILES string of the molecule is NC(=O)CNC(=O)C(C(F)(F)F)C(F)(F)F. The number of amides is 2. The minimum Gasteiger partial charge on any atom is -0.368 e. The second kappa shape index (κ2) is 4.58. The molecule has 4 nitrogen and oxygen atoms in total. The number of primary amides is 1. The van der Waals surface area contributed by atoms with Gasteiger partial charge in [0.2, 0.25) is 17.7 Å². The van der Waals surface area contributed by atoms with Crippen LogP contribution in [0.15, 0.2) is 0 Å². The summed E-state index contributed by atoms with van der Waals surface area (Å²) in [5.74, 6) is -7.78. The monoisotopic (exact) mass is 252 g/mol. The Balaban J connectivity index is 4.80. The van der Waals surface area contributed by atoms with Gasteiger partial charge in [0, 0.05) is 0 Å². The lowest BCUT2D eigenvalue weighted by Gasteiger charge is -2.21. The molecule has 2 amide bonds. The van der Waals surface area contributed by atoms with Gasteiger partial charge in [-0.05, 0) is 0 Å². The zero-order chi connectivity index (χ0) is 13.1. The Bertz CT molecular complexity index is 270. The summed E-state index contributed by atoms with van der Waals surface area (Å²) < 4.78 is 71.4. The first-order chi connectivity index (χ1) is 6.96. The quantitative estimate of drug-likeness (QED) is 0.710. The highest BCUT2D eigenvalue weighted by Gasteiger charge is 2.61. The molecule has 0 unspecified atom stereocenters. The summed E-state index contributed by atoms with van der Waals surface area (Å²) in [6, 6.07) is 0. The van der Waals surface area contributed by atoms with Gasteiger partial charge in [0.1, 0.15) is 0 Å². The van der Waals surface area contributed by atoms with Crippen molar-refractivity contribution in [1.29, 1.82) is 0 Å². The van der Waals surface area contributed by atoms with Crippen LogP contribution in [-0.2, 0) is 9.59 Å². The Kier molecular flexibility index (Phi) is 4.15. The van der Waals surface area contributed by atoms with Crippen molar-refractivity contribution in [2.24, 2.45) is 11.7 Å². The third kappa shape index (κ3) is 4.36. The Morgan fingerprint density at radius 3 is 1.69 bits per heavy atom. The number of hydrogen-bond donors (Lipinski definition) is 2. The molecule has 94 valence electrons. The van der Waals surface area contributed by atoms with Crippen LogP contribution in [0.1, 0.15) is 0 Å². The van der Waals surface area contributed by atoms with Gasteiger partial charge < -0.3 is 11.1 Å². The third-order valence-corrected chi connectivity index (χ3v) is 1.35. The normalized spacial score (nSPS) is 12.7. The summed E-state index contributed by atoms with van der Waals surface area (Å²) in [6.45, 7) is -1.10. The molecule has 0 heterocycles. The van der Waals surface area contributed by atoms with Crippen LogP contribution in [-0.4, -0.2) is 30.7 Å². The number of carbonyl (C=O) groups excluding carboxylic acids is 2. The van der Waals surface area contributed by atoms with Crippen molar-refractivity contribution in [3.05, 3.63) is 0 Å². The van der Waals surface area contributed by atoms with Gasteiger partial charge in [0.05, 0.1) is 6.54 Å². The van der Waals surface area contributed by atoms with Crippen LogP contribution in [0.5, 0.6) is 0 Å². The summed E-state index contributed by atoms with van der Waals surface area (Å²) in [6.07, 6.45) is -11.6. The summed E-state index contributed by atoms with van der Waals surface area (Å²) in [4.78, 5) is 20.7.